The van der Waals surface area contributed by atoms with Crippen LogP contribution in [0.4, 0.5) is 0 Å². The van der Waals surface area contributed by atoms with E-state index in [-0.39, 0.29) is 0 Å². The van der Waals surface area contributed by atoms with Crippen molar-refractivity contribution in [2.24, 2.45) is 5.92 Å². The molecule has 18 heavy (non-hydrogen) atoms. The van der Waals surface area contributed by atoms with Crippen molar-refractivity contribution in [3.8, 4) is 0 Å². The van der Waals surface area contributed by atoms with E-state index in [1.165, 1.54) is 31.2 Å². The minimum atomic E-state index is 0.302. The van der Waals surface area contributed by atoms with Crippen molar-refractivity contribution in [1.82, 2.24) is 0 Å². The first-order chi connectivity index (χ1) is 8.84. The smallest absolute Gasteiger partial charge is 0.155 e. The lowest BCUT2D eigenvalue weighted by Gasteiger charge is -2.17. The summed E-state index contributed by atoms with van der Waals surface area (Å²) in [5, 5.41) is 0. The van der Waals surface area contributed by atoms with Crippen LogP contribution in [0, 0.1) is 5.92 Å². The average Bonchev–Trinajstić information content (AvgIpc) is 2.40. The maximum absolute atomic E-state index is 11.4. The fourth-order valence-electron chi connectivity index (χ4n) is 2.66. The van der Waals surface area contributed by atoms with E-state index in [9.17, 15) is 4.79 Å². The van der Waals surface area contributed by atoms with Gasteiger partial charge in [-0.3, -0.25) is 4.79 Å². The van der Waals surface area contributed by atoms with Gasteiger partial charge < -0.3 is 0 Å². The van der Waals surface area contributed by atoms with Crippen LogP contribution in [-0.4, -0.2) is 5.78 Å². The zero-order valence-electron chi connectivity index (χ0n) is 11.0. The number of benzene rings is 1. The van der Waals surface area contributed by atoms with Gasteiger partial charge in [0, 0.05) is 6.42 Å². The Labute approximate surface area is 110 Å². The topological polar surface area (TPSA) is 17.1 Å². The van der Waals surface area contributed by atoms with Gasteiger partial charge in [0.15, 0.2) is 5.78 Å². The Morgan fingerprint density at radius 2 is 1.89 bits per heavy atom. The number of ketones is 1. The van der Waals surface area contributed by atoms with E-state index in [1.807, 2.05) is 0 Å². The van der Waals surface area contributed by atoms with Crippen molar-refractivity contribution in [3.05, 3.63) is 48.0 Å². The molecule has 0 N–H and O–H groups in total. The molecule has 1 unspecified atom stereocenters. The summed E-state index contributed by atoms with van der Waals surface area (Å²) in [6, 6.07) is 10.8. The fourth-order valence-corrected chi connectivity index (χ4v) is 2.66. The van der Waals surface area contributed by atoms with E-state index >= 15 is 0 Å². The second kappa shape index (κ2) is 7.15. The van der Waals surface area contributed by atoms with Crippen molar-refractivity contribution >= 4 is 5.78 Å². The van der Waals surface area contributed by atoms with Crippen molar-refractivity contribution in [2.45, 2.75) is 44.9 Å². The number of allylic oxidation sites excluding steroid dienone is 2. The lowest BCUT2D eigenvalue weighted by Crippen LogP contribution is -2.06. The van der Waals surface area contributed by atoms with Crippen molar-refractivity contribution in [2.75, 3.05) is 0 Å². The van der Waals surface area contributed by atoms with Gasteiger partial charge in [-0.2, -0.15) is 0 Å². The highest BCUT2D eigenvalue weighted by Gasteiger charge is 2.10. The second-order valence-electron chi connectivity index (χ2n) is 5.25. The van der Waals surface area contributed by atoms with Gasteiger partial charge in [-0.25, -0.2) is 0 Å². The summed E-state index contributed by atoms with van der Waals surface area (Å²) in [5.74, 6) is 1.07. The van der Waals surface area contributed by atoms with E-state index in [2.05, 4.69) is 36.4 Å². The predicted molar refractivity (Wildman–Crippen MR) is 75.5 cm³/mol. The standard InChI is InChI=1S/C17H22O/c18-17-12-6-4-10-16(11-5-7-13-17)14-15-8-2-1-3-9-15/h1-3,6,8-9,12,16H,4-5,7,10-11,13-14H2. The molecule has 0 aliphatic heterocycles. The molecule has 0 heterocycles. The van der Waals surface area contributed by atoms with E-state index in [1.54, 1.807) is 6.08 Å². The highest BCUT2D eigenvalue weighted by molar-refractivity contribution is 5.89. The molecule has 0 bridgehead atoms. The van der Waals surface area contributed by atoms with E-state index in [4.69, 9.17) is 0 Å². The summed E-state index contributed by atoms with van der Waals surface area (Å²) in [4.78, 5) is 11.4. The first kappa shape index (κ1) is 13.1. The van der Waals surface area contributed by atoms with E-state index < -0.39 is 0 Å². The fraction of sp³-hybridized carbons (Fsp3) is 0.471. The lowest BCUT2D eigenvalue weighted by molar-refractivity contribution is -0.114. The zero-order valence-corrected chi connectivity index (χ0v) is 11.0. The summed E-state index contributed by atoms with van der Waals surface area (Å²) in [7, 11) is 0. The Bertz CT molecular complexity index is 391. The van der Waals surface area contributed by atoms with Crippen LogP contribution in [0.2, 0.25) is 0 Å². The number of hydrogen-bond donors (Lipinski definition) is 0. The first-order valence-corrected chi connectivity index (χ1v) is 7.08. The number of hydrogen-bond acceptors (Lipinski definition) is 1. The molecule has 96 valence electrons. The van der Waals surface area contributed by atoms with Crippen molar-refractivity contribution in [1.29, 1.82) is 0 Å². The van der Waals surface area contributed by atoms with Gasteiger partial charge in [-0.1, -0.05) is 49.2 Å². The number of carbonyl (C=O) groups is 1. The average molecular weight is 242 g/mol. The van der Waals surface area contributed by atoms with Crippen LogP contribution in [0.15, 0.2) is 42.5 Å². The maximum atomic E-state index is 11.4. The third-order valence-corrected chi connectivity index (χ3v) is 3.70. The molecule has 0 saturated carbocycles. The molecule has 1 heteroatoms. The summed E-state index contributed by atoms with van der Waals surface area (Å²) in [6.07, 6.45) is 11.5. The second-order valence-corrected chi connectivity index (χ2v) is 5.25. The quantitative estimate of drug-likeness (QED) is 0.754. The van der Waals surface area contributed by atoms with E-state index in [0.717, 1.165) is 25.2 Å². The molecular formula is C17H22O. The van der Waals surface area contributed by atoms with Crippen LogP contribution in [0.5, 0.6) is 0 Å². The highest BCUT2D eigenvalue weighted by atomic mass is 16.1. The van der Waals surface area contributed by atoms with Gasteiger partial charge in [0.05, 0.1) is 0 Å². The molecule has 1 aliphatic carbocycles. The molecule has 0 amide bonds. The minimum Gasteiger partial charge on any atom is -0.295 e. The molecule has 0 fully saturated rings. The van der Waals surface area contributed by atoms with Crippen LogP contribution in [0.1, 0.15) is 44.1 Å². The molecule has 2 rings (SSSR count). The first-order valence-electron chi connectivity index (χ1n) is 7.08. The zero-order chi connectivity index (χ0) is 12.6. The Morgan fingerprint density at radius 3 is 2.72 bits per heavy atom. The molecule has 0 saturated heterocycles. The van der Waals surface area contributed by atoms with Crippen LogP contribution >= 0.6 is 0 Å². The third kappa shape index (κ3) is 4.48. The number of rotatable bonds is 2. The summed E-state index contributed by atoms with van der Waals surface area (Å²) in [6.45, 7) is 0. The van der Waals surface area contributed by atoms with Crippen LogP contribution in [-0.2, 0) is 11.2 Å². The van der Waals surface area contributed by atoms with Crippen LogP contribution < -0.4 is 0 Å². The third-order valence-electron chi connectivity index (χ3n) is 3.70. The molecule has 0 radical (unpaired) electrons. The van der Waals surface area contributed by atoms with E-state index in [0.29, 0.717) is 5.78 Å². The molecular weight excluding hydrogens is 220 g/mol. The van der Waals surface area contributed by atoms with Gasteiger partial charge >= 0.3 is 0 Å². The van der Waals surface area contributed by atoms with Crippen molar-refractivity contribution < 1.29 is 4.79 Å². The summed E-state index contributed by atoms with van der Waals surface area (Å²) < 4.78 is 0. The van der Waals surface area contributed by atoms with Gasteiger partial charge in [0.25, 0.3) is 0 Å². The van der Waals surface area contributed by atoms with Gasteiger partial charge in [-0.15, -0.1) is 0 Å². The van der Waals surface area contributed by atoms with Crippen molar-refractivity contribution in [3.63, 3.8) is 0 Å². The monoisotopic (exact) mass is 242 g/mol. The SMILES string of the molecule is O=C1C=CCCC(Cc2ccccc2)CCCC1. The predicted octanol–water partition coefficient (Wildman–Crippen LogP) is 4.32. The Hall–Kier alpha value is -1.37. The number of carbonyl (C=O) groups excluding carboxylic acids is 1. The molecule has 1 atom stereocenters. The largest absolute Gasteiger partial charge is 0.295 e. The molecule has 1 aromatic rings. The normalized spacial score (nSPS) is 21.8. The molecule has 1 aliphatic rings. The summed E-state index contributed by atoms with van der Waals surface area (Å²) in [5.41, 5.74) is 1.44. The summed E-state index contributed by atoms with van der Waals surface area (Å²) >= 11 is 0. The van der Waals surface area contributed by atoms with Crippen LogP contribution in [0.25, 0.3) is 0 Å². The lowest BCUT2D eigenvalue weighted by atomic mass is 9.89. The van der Waals surface area contributed by atoms with Gasteiger partial charge in [-0.05, 0) is 43.2 Å². The maximum Gasteiger partial charge on any atom is 0.155 e. The minimum absolute atomic E-state index is 0.302. The Kier molecular flexibility index (Phi) is 5.19. The molecule has 1 aromatic carbocycles. The Morgan fingerprint density at radius 1 is 1.06 bits per heavy atom. The Balaban J connectivity index is 1.91. The van der Waals surface area contributed by atoms with Gasteiger partial charge in [0.1, 0.15) is 0 Å². The van der Waals surface area contributed by atoms with Crippen LogP contribution in [0.3, 0.4) is 0 Å². The molecule has 0 aromatic heterocycles. The van der Waals surface area contributed by atoms with Gasteiger partial charge in [0.2, 0.25) is 0 Å². The highest BCUT2D eigenvalue weighted by Crippen LogP contribution is 2.22. The molecule has 1 nitrogen and oxygen atoms in total. The molecule has 0 spiro atoms.